The van der Waals surface area contributed by atoms with E-state index in [2.05, 4.69) is 17.2 Å². The molecule has 0 bridgehead atoms. The van der Waals surface area contributed by atoms with Crippen molar-refractivity contribution in [2.24, 2.45) is 5.92 Å². The first kappa shape index (κ1) is 11.3. The first-order valence-electron chi connectivity index (χ1n) is 5.97. The summed E-state index contributed by atoms with van der Waals surface area (Å²) in [5.74, 6) is 0.743. The van der Waals surface area contributed by atoms with Crippen LogP contribution in [0, 0.1) is 12.8 Å². The third-order valence-corrected chi connectivity index (χ3v) is 3.03. The van der Waals surface area contributed by atoms with E-state index in [1.165, 1.54) is 12.8 Å². The highest BCUT2D eigenvalue weighted by atomic mass is 16.1. The maximum atomic E-state index is 11.6. The summed E-state index contributed by atoms with van der Waals surface area (Å²) in [4.78, 5) is 15.4. The summed E-state index contributed by atoms with van der Waals surface area (Å²) < 4.78 is 1.72. The van der Waals surface area contributed by atoms with Gasteiger partial charge in [0.15, 0.2) is 0 Å². The molecule has 0 aromatic carbocycles. The van der Waals surface area contributed by atoms with Crippen molar-refractivity contribution < 1.29 is 0 Å². The molecule has 1 aliphatic carbocycles. The van der Waals surface area contributed by atoms with Crippen LogP contribution in [0.3, 0.4) is 0 Å². The predicted molar refractivity (Wildman–Crippen MR) is 63.4 cm³/mol. The lowest BCUT2D eigenvalue weighted by Gasteiger charge is -2.18. The van der Waals surface area contributed by atoms with Crippen LogP contribution in [-0.4, -0.2) is 22.1 Å². The molecule has 1 saturated carbocycles. The number of hydrogen-bond donors (Lipinski definition) is 1. The van der Waals surface area contributed by atoms with Crippen molar-refractivity contribution in [2.75, 3.05) is 6.54 Å². The lowest BCUT2D eigenvalue weighted by atomic mass is 10.2. The average Bonchev–Trinajstić information content (AvgIpc) is 3.06. The van der Waals surface area contributed by atoms with Crippen molar-refractivity contribution in [3.05, 3.63) is 28.4 Å². The van der Waals surface area contributed by atoms with Crippen LogP contribution >= 0.6 is 0 Å². The first-order chi connectivity index (χ1) is 7.70. The van der Waals surface area contributed by atoms with Gasteiger partial charge in [0, 0.05) is 25.0 Å². The Morgan fingerprint density at radius 1 is 1.62 bits per heavy atom. The number of nitrogens with zero attached hydrogens (tertiary/aromatic N) is 2. The molecule has 0 aliphatic heterocycles. The van der Waals surface area contributed by atoms with Crippen molar-refractivity contribution in [2.45, 2.75) is 39.3 Å². The second-order valence-electron chi connectivity index (χ2n) is 4.57. The largest absolute Gasteiger partial charge is 0.347 e. The van der Waals surface area contributed by atoms with Crippen molar-refractivity contribution >= 4 is 0 Å². The van der Waals surface area contributed by atoms with E-state index in [-0.39, 0.29) is 5.69 Å². The summed E-state index contributed by atoms with van der Waals surface area (Å²) >= 11 is 0. The Morgan fingerprint density at radius 3 is 3.00 bits per heavy atom. The molecular weight excluding hydrogens is 202 g/mol. The Hall–Kier alpha value is -1.16. The van der Waals surface area contributed by atoms with Crippen LogP contribution in [-0.2, 0) is 6.54 Å². The van der Waals surface area contributed by atoms with E-state index in [1.807, 2.05) is 13.1 Å². The molecule has 0 amide bonds. The van der Waals surface area contributed by atoms with E-state index in [9.17, 15) is 4.79 Å². The average molecular weight is 221 g/mol. The minimum atomic E-state index is -0.144. The van der Waals surface area contributed by atoms with Gasteiger partial charge >= 0.3 is 5.69 Å². The molecular formula is C12H19N3O. The van der Waals surface area contributed by atoms with Gasteiger partial charge in [-0.1, -0.05) is 6.92 Å². The molecule has 1 aliphatic rings. The Labute approximate surface area is 95.7 Å². The molecule has 1 atom stereocenters. The van der Waals surface area contributed by atoms with Gasteiger partial charge in [0.2, 0.25) is 0 Å². The summed E-state index contributed by atoms with van der Waals surface area (Å²) in [5.41, 5.74) is 0.889. The maximum absolute atomic E-state index is 11.6. The lowest BCUT2D eigenvalue weighted by Crippen LogP contribution is -2.38. The fourth-order valence-electron chi connectivity index (χ4n) is 2.05. The van der Waals surface area contributed by atoms with Crippen LogP contribution in [0.4, 0.5) is 0 Å². The van der Waals surface area contributed by atoms with Gasteiger partial charge < -0.3 is 5.32 Å². The van der Waals surface area contributed by atoms with Crippen LogP contribution in [0.2, 0.25) is 0 Å². The van der Waals surface area contributed by atoms with Crippen molar-refractivity contribution in [1.82, 2.24) is 14.9 Å². The fraction of sp³-hybridized carbons (Fsp3) is 0.667. The van der Waals surface area contributed by atoms with Gasteiger partial charge in [-0.15, -0.1) is 0 Å². The smallest absolute Gasteiger partial charge is 0.312 e. The van der Waals surface area contributed by atoms with E-state index in [4.69, 9.17) is 0 Å². The molecule has 1 N–H and O–H groups in total. The summed E-state index contributed by atoms with van der Waals surface area (Å²) in [6, 6.07) is 0.422. The number of nitrogens with one attached hydrogen (secondary N) is 1. The first-order valence-corrected chi connectivity index (χ1v) is 5.97. The molecule has 1 fully saturated rings. The number of rotatable bonds is 5. The minimum absolute atomic E-state index is 0.144. The summed E-state index contributed by atoms with van der Waals surface area (Å²) in [6.07, 6.45) is 6.08. The van der Waals surface area contributed by atoms with Crippen LogP contribution < -0.4 is 11.0 Å². The number of hydrogen-bond acceptors (Lipinski definition) is 3. The molecule has 16 heavy (non-hydrogen) atoms. The Bertz CT molecular complexity index is 409. The molecule has 1 aromatic rings. The van der Waals surface area contributed by atoms with Crippen molar-refractivity contribution in [3.63, 3.8) is 0 Å². The van der Waals surface area contributed by atoms with Crippen LogP contribution in [0.1, 0.15) is 25.3 Å². The fourth-order valence-corrected chi connectivity index (χ4v) is 2.05. The molecule has 4 heteroatoms. The second kappa shape index (κ2) is 4.78. The zero-order chi connectivity index (χ0) is 11.5. The van der Waals surface area contributed by atoms with Gasteiger partial charge in [0.25, 0.3) is 0 Å². The number of aromatic nitrogens is 2. The van der Waals surface area contributed by atoms with E-state index in [1.54, 1.807) is 10.8 Å². The normalized spacial score (nSPS) is 17.4. The minimum Gasteiger partial charge on any atom is -0.312 e. The standard InChI is InChI=1S/C12H19N3O/c1-3-13-11(10-4-5-10)8-15-7-9(2)6-14-12(15)16/h6-7,10-11,13H,3-5,8H2,1-2H3. The zero-order valence-electron chi connectivity index (χ0n) is 9.94. The second-order valence-corrected chi connectivity index (χ2v) is 4.57. The van der Waals surface area contributed by atoms with Crippen molar-refractivity contribution in [1.29, 1.82) is 0 Å². The Kier molecular flexibility index (Phi) is 3.39. The topological polar surface area (TPSA) is 46.9 Å². The molecule has 4 nitrogen and oxygen atoms in total. The Morgan fingerprint density at radius 2 is 2.38 bits per heavy atom. The molecule has 0 radical (unpaired) electrons. The van der Waals surface area contributed by atoms with E-state index in [0.717, 1.165) is 24.6 Å². The van der Waals surface area contributed by atoms with E-state index >= 15 is 0 Å². The van der Waals surface area contributed by atoms with E-state index in [0.29, 0.717) is 6.04 Å². The third-order valence-electron chi connectivity index (χ3n) is 3.03. The van der Waals surface area contributed by atoms with Gasteiger partial charge in [-0.3, -0.25) is 4.57 Å². The monoisotopic (exact) mass is 221 g/mol. The quantitative estimate of drug-likeness (QED) is 0.805. The molecule has 0 spiro atoms. The van der Waals surface area contributed by atoms with Gasteiger partial charge in [0.05, 0.1) is 0 Å². The summed E-state index contributed by atoms with van der Waals surface area (Å²) in [6.45, 7) is 5.76. The van der Waals surface area contributed by atoms with Crippen molar-refractivity contribution in [3.8, 4) is 0 Å². The summed E-state index contributed by atoms with van der Waals surface area (Å²) in [5, 5.41) is 3.45. The molecule has 0 saturated heterocycles. The number of aryl methyl sites for hydroxylation is 1. The predicted octanol–water partition coefficient (Wildman–Crippen LogP) is 0.940. The molecule has 1 aromatic heterocycles. The van der Waals surface area contributed by atoms with E-state index < -0.39 is 0 Å². The van der Waals surface area contributed by atoms with Gasteiger partial charge in [-0.25, -0.2) is 9.78 Å². The highest BCUT2D eigenvalue weighted by Crippen LogP contribution is 2.33. The molecule has 1 unspecified atom stereocenters. The third kappa shape index (κ3) is 2.70. The lowest BCUT2D eigenvalue weighted by molar-refractivity contribution is 0.406. The van der Waals surface area contributed by atoms with Gasteiger partial charge in [-0.05, 0) is 37.8 Å². The zero-order valence-corrected chi connectivity index (χ0v) is 9.94. The highest BCUT2D eigenvalue weighted by Gasteiger charge is 2.30. The number of likely N-dealkylation sites (N-methyl/N-ethyl adjacent to an activating group) is 1. The van der Waals surface area contributed by atoms with Crippen LogP contribution in [0.25, 0.3) is 0 Å². The van der Waals surface area contributed by atoms with Crippen LogP contribution in [0.5, 0.6) is 0 Å². The maximum Gasteiger partial charge on any atom is 0.347 e. The van der Waals surface area contributed by atoms with Gasteiger partial charge in [0.1, 0.15) is 0 Å². The Balaban J connectivity index is 2.11. The van der Waals surface area contributed by atoms with Gasteiger partial charge in [-0.2, -0.15) is 0 Å². The molecule has 1 heterocycles. The molecule has 88 valence electrons. The van der Waals surface area contributed by atoms with Crippen LogP contribution in [0.15, 0.2) is 17.2 Å². The molecule has 2 rings (SSSR count). The highest BCUT2D eigenvalue weighted by molar-refractivity contribution is 5.00. The summed E-state index contributed by atoms with van der Waals surface area (Å²) in [7, 11) is 0. The SMILES string of the molecule is CCNC(Cn1cc(C)cnc1=O)C1CC1.